The van der Waals surface area contributed by atoms with Gasteiger partial charge in [0.1, 0.15) is 5.75 Å². The second-order valence-electron chi connectivity index (χ2n) is 6.94. The van der Waals surface area contributed by atoms with Gasteiger partial charge in [0.25, 0.3) is 17.3 Å². The van der Waals surface area contributed by atoms with Gasteiger partial charge < -0.3 is 14.2 Å². The van der Waals surface area contributed by atoms with Gasteiger partial charge in [-0.15, -0.1) is 0 Å². The largest absolute Gasteiger partial charge is 0.454 e. The molecule has 0 radical (unpaired) electrons. The molecule has 0 aromatic heterocycles. The molecular formula is C22H14N4O9. The number of hydrazone groups is 1. The van der Waals surface area contributed by atoms with Gasteiger partial charge in [0.2, 0.25) is 6.79 Å². The van der Waals surface area contributed by atoms with Crippen molar-refractivity contribution in [1.82, 2.24) is 5.43 Å². The van der Waals surface area contributed by atoms with Crippen LogP contribution in [-0.4, -0.2) is 34.7 Å². The zero-order chi connectivity index (χ0) is 24.9. The first-order valence-electron chi connectivity index (χ1n) is 9.80. The van der Waals surface area contributed by atoms with Crippen LogP contribution in [0.3, 0.4) is 0 Å². The van der Waals surface area contributed by atoms with Crippen LogP contribution in [0.1, 0.15) is 26.3 Å². The van der Waals surface area contributed by atoms with E-state index in [0.29, 0.717) is 11.5 Å². The Bertz CT molecular complexity index is 1370. The van der Waals surface area contributed by atoms with E-state index in [4.69, 9.17) is 14.2 Å². The average Bonchev–Trinajstić information content (AvgIpc) is 3.32. The summed E-state index contributed by atoms with van der Waals surface area (Å²) >= 11 is 0. The molecular weight excluding hydrogens is 464 g/mol. The van der Waals surface area contributed by atoms with Gasteiger partial charge in [0.05, 0.1) is 21.6 Å². The number of hydrogen-bond donors (Lipinski definition) is 1. The molecule has 0 fully saturated rings. The van der Waals surface area contributed by atoms with Crippen molar-refractivity contribution >= 4 is 29.5 Å². The summed E-state index contributed by atoms with van der Waals surface area (Å²) in [6.07, 6.45) is 1.07. The Kier molecular flexibility index (Phi) is 6.31. The first kappa shape index (κ1) is 22.8. The predicted molar refractivity (Wildman–Crippen MR) is 119 cm³/mol. The highest BCUT2D eigenvalue weighted by atomic mass is 16.7. The molecule has 0 aliphatic carbocycles. The Morgan fingerprint density at radius 2 is 1.54 bits per heavy atom. The summed E-state index contributed by atoms with van der Waals surface area (Å²) in [5.74, 6) is -0.638. The summed E-state index contributed by atoms with van der Waals surface area (Å²) in [7, 11) is 0. The maximum absolute atomic E-state index is 12.6. The summed E-state index contributed by atoms with van der Waals surface area (Å²) in [6, 6.07) is 12.8. The molecule has 1 aliphatic rings. The molecule has 0 saturated carbocycles. The van der Waals surface area contributed by atoms with E-state index in [1.165, 1.54) is 30.3 Å². The first-order chi connectivity index (χ1) is 16.8. The summed E-state index contributed by atoms with van der Waals surface area (Å²) in [6.45, 7) is 0.0302. The predicted octanol–water partition coefficient (Wildman–Crippen LogP) is 3.21. The number of fused-ring (bicyclic) bond motifs is 1. The van der Waals surface area contributed by atoms with Gasteiger partial charge in [-0.3, -0.25) is 25.0 Å². The maximum Gasteiger partial charge on any atom is 0.343 e. The van der Waals surface area contributed by atoms with Crippen molar-refractivity contribution in [1.29, 1.82) is 0 Å². The lowest BCUT2D eigenvalue weighted by atomic mass is 10.1. The molecule has 13 heteroatoms. The van der Waals surface area contributed by atoms with E-state index in [2.05, 4.69) is 10.5 Å². The van der Waals surface area contributed by atoms with Gasteiger partial charge in [-0.25, -0.2) is 10.2 Å². The Morgan fingerprint density at radius 3 is 2.26 bits per heavy atom. The van der Waals surface area contributed by atoms with Crippen LogP contribution in [0, 0.1) is 20.2 Å². The maximum atomic E-state index is 12.6. The topological polar surface area (TPSA) is 172 Å². The fraction of sp³-hybridized carbons (Fsp3) is 0.0455. The Morgan fingerprint density at radius 1 is 0.886 bits per heavy atom. The number of nitro benzene ring substituents is 2. The van der Waals surface area contributed by atoms with Crippen LogP contribution in [0.2, 0.25) is 0 Å². The van der Waals surface area contributed by atoms with E-state index < -0.39 is 21.7 Å². The van der Waals surface area contributed by atoms with Crippen LogP contribution in [0.5, 0.6) is 17.2 Å². The molecule has 4 rings (SSSR count). The average molecular weight is 478 g/mol. The number of hydrogen-bond acceptors (Lipinski definition) is 10. The third-order valence-electron chi connectivity index (χ3n) is 4.73. The highest BCUT2D eigenvalue weighted by molar-refractivity contribution is 5.96. The summed E-state index contributed by atoms with van der Waals surface area (Å²) in [4.78, 5) is 45.5. The lowest BCUT2D eigenvalue weighted by Gasteiger charge is -2.08. The van der Waals surface area contributed by atoms with Crippen molar-refractivity contribution in [3.63, 3.8) is 0 Å². The highest BCUT2D eigenvalue weighted by Crippen LogP contribution is 2.33. The second-order valence-corrected chi connectivity index (χ2v) is 6.94. The Balaban J connectivity index is 1.52. The molecule has 13 nitrogen and oxygen atoms in total. The molecule has 3 aromatic carbocycles. The molecule has 0 saturated heterocycles. The minimum Gasteiger partial charge on any atom is -0.454 e. The van der Waals surface area contributed by atoms with E-state index in [1.54, 1.807) is 6.07 Å². The number of esters is 1. The monoisotopic (exact) mass is 478 g/mol. The van der Waals surface area contributed by atoms with Crippen molar-refractivity contribution in [3.8, 4) is 17.2 Å². The fourth-order valence-electron chi connectivity index (χ4n) is 2.99. The molecule has 0 spiro atoms. The van der Waals surface area contributed by atoms with Crippen LogP contribution < -0.4 is 19.6 Å². The normalized spacial score (nSPS) is 11.8. The fourth-order valence-corrected chi connectivity index (χ4v) is 2.99. The summed E-state index contributed by atoms with van der Waals surface area (Å²) in [5, 5.41) is 25.6. The van der Waals surface area contributed by atoms with Gasteiger partial charge in [-0.1, -0.05) is 0 Å². The SMILES string of the molecule is O=C(N/N=C/c1cc([N+](=O)[O-])ccc1OC(=O)c1ccc2c(c1)OCO2)c1ccc([N+](=O)[O-])cc1. The van der Waals surface area contributed by atoms with Crippen LogP contribution in [0.4, 0.5) is 11.4 Å². The minimum atomic E-state index is -0.762. The van der Waals surface area contributed by atoms with Gasteiger partial charge in [-0.2, -0.15) is 5.10 Å². The van der Waals surface area contributed by atoms with Crippen LogP contribution in [0.15, 0.2) is 65.8 Å². The van der Waals surface area contributed by atoms with E-state index >= 15 is 0 Å². The van der Waals surface area contributed by atoms with Crippen molar-refractivity contribution in [3.05, 3.63) is 97.6 Å². The molecule has 176 valence electrons. The molecule has 1 amide bonds. The van der Waals surface area contributed by atoms with Crippen molar-refractivity contribution in [2.24, 2.45) is 5.10 Å². The number of benzene rings is 3. The van der Waals surface area contributed by atoms with Gasteiger partial charge in [0.15, 0.2) is 11.5 Å². The van der Waals surface area contributed by atoms with Crippen LogP contribution >= 0.6 is 0 Å². The van der Waals surface area contributed by atoms with Crippen molar-refractivity contribution < 1.29 is 33.6 Å². The number of nitro groups is 2. The molecule has 1 aliphatic heterocycles. The zero-order valence-electron chi connectivity index (χ0n) is 17.6. The molecule has 1 heterocycles. The third kappa shape index (κ3) is 5.19. The van der Waals surface area contributed by atoms with Gasteiger partial charge >= 0.3 is 5.97 Å². The highest BCUT2D eigenvalue weighted by Gasteiger charge is 2.19. The number of rotatable bonds is 7. The number of ether oxygens (including phenoxy) is 3. The molecule has 0 unspecified atom stereocenters. The lowest BCUT2D eigenvalue weighted by molar-refractivity contribution is -0.385. The third-order valence-corrected chi connectivity index (χ3v) is 4.73. The molecule has 35 heavy (non-hydrogen) atoms. The smallest absolute Gasteiger partial charge is 0.343 e. The number of nitrogens with one attached hydrogen (secondary N) is 1. The molecule has 0 atom stereocenters. The quantitative estimate of drug-likeness (QED) is 0.176. The van der Waals surface area contributed by atoms with Gasteiger partial charge in [0, 0.05) is 35.4 Å². The summed E-state index contributed by atoms with van der Waals surface area (Å²) in [5.41, 5.74) is 2.02. The number of carbonyl (C=O) groups excluding carboxylic acids is 2. The first-order valence-corrected chi connectivity index (χ1v) is 9.80. The van der Waals surface area contributed by atoms with Gasteiger partial charge in [-0.05, 0) is 36.4 Å². The standard InChI is InChI=1S/C22H14N4O9/c27-21(13-1-4-16(5-2-13)25(29)30)24-23-11-15-9-17(26(31)32)6-8-18(15)35-22(28)14-3-7-19-20(10-14)34-12-33-19/h1-11H,12H2,(H,24,27)/b23-11+. The molecule has 0 bridgehead atoms. The van der Waals surface area contributed by atoms with E-state index in [0.717, 1.165) is 30.5 Å². The number of non-ortho nitro benzene ring substituents is 2. The second kappa shape index (κ2) is 9.66. The summed E-state index contributed by atoms with van der Waals surface area (Å²) < 4.78 is 15.8. The van der Waals surface area contributed by atoms with E-state index in [1.807, 2.05) is 0 Å². The van der Waals surface area contributed by atoms with E-state index in [-0.39, 0.29) is 40.6 Å². The lowest BCUT2D eigenvalue weighted by Crippen LogP contribution is -2.17. The van der Waals surface area contributed by atoms with Crippen LogP contribution in [-0.2, 0) is 0 Å². The van der Waals surface area contributed by atoms with Crippen LogP contribution in [0.25, 0.3) is 0 Å². The molecule has 3 aromatic rings. The number of nitrogens with zero attached hydrogens (tertiary/aromatic N) is 3. The van der Waals surface area contributed by atoms with E-state index in [9.17, 15) is 29.8 Å². The Labute approximate surface area is 195 Å². The Hall–Kier alpha value is -5.33. The van der Waals surface area contributed by atoms with Crippen molar-refractivity contribution in [2.45, 2.75) is 0 Å². The number of carbonyl (C=O) groups is 2. The zero-order valence-corrected chi connectivity index (χ0v) is 17.6. The number of amides is 1. The molecule has 1 N–H and O–H groups in total. The van der Waals surface area contributed by atoms with Crippen molar-refractivity contribution in [2.75, 3.05) is 6.79 Å². The minimum absolute atomic E-state index is 0.0302.